The van der Waals surface area contributed by atoms with Gasteiger partial charge < -0.3 is 15.5 Å². The molecule has 0 saturated carbocycles. The van der Waals surface area contributed by atoms with E-state index in [1.54, 1.807) is 6.20 Å². The first kappa shape index (κ1) is 25.4. The van der Waals surface area contributed by atoms with Gasteiger partial charge in [-0.15, -0.1) is 0 Å². The zero-order valence-corrected chi connectivity index (χ0v) is 20.5. The summed E-state index contributed by atoms with van der Waals surface area (Å²) in [6, 6.07) is 19.1. The SMILES string of the molecule is C[C@@H](CCCCN(C)C)C(=O)N[C@H](CCc1ccccc1)C(=O)Nc1cnc2ccccc2c1. The van der Waals surface area contributed by atoms with Crippen LogP contribution in [0.15, 0.2) is 66.9 Å². The molecule has 6 heteroatoms. The third kappa shape index (κ3) is 7.96. The van der Waals surface area contributed by atoms with E-state index in [2.05, 4.69) is 34.6 Å². The molecule has 0 spiro atoms. The Balaban J connectivity index is 1.64. The quantitative estimate of drug-likeness (QED) is 0.386. The topological polar surface area (TPSA) is 74.3 Å². The zero-order chi connectivity index (χ0) is 24.3. The molecule has 180 valence electrons. The van der Waals surface area contributed by atoms with E-state index in [0.717, 1.165) is 42.3 Å². The molecule has 1 aromatic heterocycles. The molecule has 2 atom stereocenters. The number of fused-ring (bicyclic) bond motifs is 1. The number of anilines is 1. The van der Waals surface area contributed by atoms with Gasteiger partial charge in [-0.25, -0.2) is 0 Å². The van der Waals surface area contributed by atoms with Crippen LogP contribution in [0.5, 0.6) is 0 Å². The first-order valence-electron chi connectivity index (χ1n) is 12.1. The summed E-state index contributed by atoms with van der Waals surface area (Å²) in [7, 11) is 4.11. The van der Waals surface area contributed by atoms with Crippen LogP contribution in [0.1, 0.15) is 38.2 Å². The molecule has 0 unspecified atom stereocenters. The summed E-state index contributed by atoms with van der Waals surface area (Å²) in [6.45, 7) is 2.95. The Bertz CT molecular complexity index is 1070. The van der Waals surface area contributed by atoms with Crippen LogP contribution < -0.4 is 10.6 Å². The van der Waals surface area contributed by atoms with E-state index >= 15 is 0 Å². The lowest BCUT2D eigenvalue weighted by molar-refractivity contribution is -0.129. The average Bonchev–Trinajstić information content (AvgIpc) is 2.84. The summed E-state index contributed by atoms with van der Waals surface area (Å²) >= 11 is 0. The van der Waals surface area contributed by atoms with Crippen molar-refractivity contribution in [1.82, 2.24) is 15.2 Å². The van der Waals surface area contributed by atoms with Gasteiger partial charge in [0.25, 0.3) is 0 Å². The standard InChI is InChI=1S/C28H36N4O2/c1-21(11-9-10-18-32(2)3)27(33)31-26(17-16-22-12-5-4-6-13-22)28(34)30-24-19-23-14-7-8-15-25(23)29-20-24/h4-8,12-15,19-21,26H,9-11,16-18H2,1-3H3,(H,30,34)(H,31,33)/t21-,26+/m0/s1. The summed E-state index contributed by atoms with van der Waals surface area (Å²) < 4.78 is 0. The van der Waals surface area contributed by atoms with Crippen LogP contribution in [0.25, 0.3) is 10.9 Å². The molecule has 2 N–H and O–H groups in total. The number of para-hydroxylation sites is 1. The van der Waals surface area contributed by atoms with Crippen LogP contribution in [-0.2, 0) is 16.0 Å². The van der Waals surface area contributed by atoms with Gasteiger partial charge in [0.15, 0.2) is 0 Å². The lowest BCUT2D eigenvalue weighted by atomic mass is 10.0. The zero-order valence-electron chi connectivity index (χ0n) is 20.5. The van der Waals surface area contributed by atoms with Gasteiger partial charge in [-0.2, -0.15) is 0 Å². The van der Waals surface area contributed by atoms with Gasteiger partial charge in [0.2, 0.25) is 11.8 Å². The first-order valence-corrected chi connectivity index (χ1v) is 12.1. The Kier molecular flexibility index (Phi) is 9.59. The van der Waals surface area contributed by atoms with E-state index in [4.69, 9.17) is 0 Å². The van der Waals surface area contributed by atoms with Crippen molar-refractivity contribution in [3.8, 4) is 0 Å². The van der Waals surface area contributed by atoms with Gasteiger partial charge in [-0.1, -0.05) is 61.9 Å². The van der Waals surface area contributed by atoms with Crippen LogP contribution in [-0.4, -0.2) is 48.4 Å². The third-order valence-electron chi connectivity index (χ3n) is 6.00. The smallest absolute Gasteiger partial charge is 0.247 e. The normalized spacial score (nSPS) is 12.9. The Labute approximate surface area is 202 Å². The Morgan fingerprint density at radius 3 is 2.44 bits per heavy atom. The molecule has 1 heterocycles. The molecular formula is C28H36N4O2. The number of aromatic nitrogens is 1. The molecule has 3 aromatic rings. The number of pyridine rings is 1. The minimum absolute atomic E-state index is 0.0744. The van der Waals surface area contributed by atoms with Crippen molar-refractivity contribution in [3.05, 3.63) is 72.4 Å². The largest absolute Gasteiger partial charge is 0.344 e. The molecule has 0 aliphatic rings. The van der Waals surface area contributed by atoms with E-state index in [-0.39, 0.29) is 17.7 Å². The van der Waals surface area contributed by atoms with Crippen molar-refractivity contribution in [2.75, 3.05) is 26.0 Å². The number of benzene rings is 2. The molecule has 0 radical (unpaired) electrons. The maximum absolute atomic E-state index is 13.2. The van der Waals surface area contributed by atoms with E-state index in [1.165, 1.54) is 0 Å². The fourth-order valence-electron chi connectivity index (χ4n) is 3.92. The number of hydrogen-bond donors (Lipinski definition) is 2. The molecular weight excluding hydrogens is 424 g/mol. The molecule has 3 rings (SSSR count). The minimum atomic E-state index is -0.622. The van der Waals surface area contributed by atoms with Gasteiger partial charge in [0.05, 0.1) is 17.4 Å². The van der Waals surface area contributed by atoms with Crippen molar-refractivity contribution in [3.63, 3.8) is 0 Å². The number of carbonyl (C=O) groups is 2. The second-order valence-electron chi connectivity index (χ2n) is 9.19. The molecule has 34 heavy (non-hydrogen) atoms. The molecule has 0 aliphatic carbocycles. The van der Waals surface area contributed by atoms with Crippen LogP contribution in [0.4, 0.5) is 5.69 Å². The van der Waals surface area contributed by atoms with Crippen LogP contribution >= 0.6 is 0 Å². The summed E-state index contributed by atoms with van der Waals surface area (Å²) in [5, 5.41) is 6.93. The molecule has 0 saturated heterocycles. The molecule has 6 nitrogen and oxygen atoms in total. The fourth-order valence-corrected chi connectivity index (χ4v) is 3.92. The highest BCUT2D eigenvalue weighted by Crippen LogP contribution is 2.17. The van der Waals surface area contributed by atoms with Crippen LogP contribution in [0.2, 0.25) is 0 Å². The van der Waals surface area contributed by atoms with Gasteiger partial charge in [0, 0.05) is 11.3 Å². The van der Waals surface area contributed by atoms with Gasteiger partial charge in [-0.3, -0.25) is 14.6 Å². The predicted octanol–water partition coefficient (Wildman–Crippen LogP) is 4.66. The second-order valence-corrected chi connectivity index (χ2v) is 9.19. The maximum atomic E-state index is 13.2. The van der Waals surface area contributed by atoms with E-state index in [0.29, 0.717) is 18.5 Å². The number of rotatable bonds is 12. The number of hydrogen-bond acceptors (Lipinski definition) is 4. The lowest BCUT2D eigenvalue weighted by Gasteiger charge is -2.21. The summed E-state index contributed by atoms with van der Waals surface area (Å²) in [5.41, 5.74) is 2.63. The fraction of sp³-hybridized carbons (Fsp3) is 0.393. The van der Waals surface area contributed by atoms with E-state index in [1.807, 2.05) is 67.6 Å². The van der Waals surface area contributed by atoms with Crippen molar-refractivity contribution >= 4 is 28.4 Å². The highest BCUT2D eigenvalue weighted by Gasteiger charge is 2.23. The maximum Gasteiger partial charge on any atom is 0.247 e. The highest BCUT2D eigenvalue weighted by molar-refractivity contribution is 5.98. The Morgan fingerprint density at radius 1 is 0.941 bits per heavy atom. The number of aryl methyl sites for hydroxylation is 1. The van der Waals surface area contributed by atoms with Crippen molar-refractivity contribution in [1.29, 1.82) is 0 Å². The monoisotopic (exact) mass is 460 g/mol. The predicted molar refractivity (Wildman–Crippen MR) is 139 cm³/mol. The molecule has 0 bridgehead atoms. The van der Waals surface area contributed by atoms with Gasteiger partial charge in [-0.05, 0) is 64.0 Å². The summed E-state index contributed by atoms with van der Waals surface area (Å²) in [5.74, 6) is -0.438. The van der Waals surface area contributed by atoms with Crippen molar-refractivity contribution < 1.29 is 9.59 Å². The number of unbranched alkanes of at least 4 members (excludes halogenated alkanes) is 1. The van der Waals surface area contributed by atoms with Crippen LogP contribution in [0.3, 0.4) is 0 Å². The van der Waals surface area contributed by atoms with Gasteiger partial charge in [0.1, 0.15) is 6.04 Å². The van der Waals surface area contributed by atoms with Crippen molar-refractivity contribution in [2.45, 2.75) is 45.1 Å². The molecule has 2 aromatic carbocycles. The molecule has 2 amide bonds. The number of nitrogens with one attached hydrogen (secondary N) is 2. The molecule has 0 aliphatic heterocycles. The highest BCUT2D eigenvalue weighted by atomic mass is 16.2. The molecule has 0 fully saturated rings. The van der Waals surface area contributed by atoms with Crippen molar-refractivity contribution in [2.24, 2.45) is 5.92 Å². The Hall–Kier alpha value is -3.25. The Morgan fingerprint density at radius 2 is 1.68 bits per heavy atom. The minimum Gasteiger partial charge on any atom is -0.344 e. The lowest BCUT2D eigenvalue weighted by Crippen LogP contribution is -2.46. The van der Waals surface area contributed by atoms with E-state index < -0.39 is 6.04 Å². The summed E-state index contributed by atoms with van der Waals surface area (Å²) in [4.78, 5) is 32.7. The number of amides is 2. The third-order valence-corrected chi connectivity index (χ3v) is 6.00. The summed E-state index contributed by atoms with van der Waals surface area (Å²) in [6.07, 6.45) is 5.72. The average molecular weight is 461 g/mol. The second kappa shape index (κ2) is 12.8. The number of nitrogens with zero attached hydrogens (tertiary/aromatic N) is 2. The van der Waals surface area contributed by atoms with E-state index in [9.17, 15) is 9.59 Å². The van der Waals surface area contributed by atoms with Gasteiger partial charge >= 0.3 is 0 Å². The first-order chi connectivity index (χ1) is 16.4. The number of carbonyl (C=O) groups excluding carboxylic acids is 2. The van der Waals surface area contributed by atoms with Crippen LogP contribution in [0, 0.1) is 5.92 Å².